The Morgan fingerprint density at radius 3 is 2.47 bits per heavy atom. The van der Waals surface area contributed by atoms with Crippen LogP contribution in [-0.2, 0) is 0 Å². The minimum atomic E-state index is -0.0684. The molecule has 0 aliphatic carbocycles. The van der Waals surface area contributed by atoms with E-state index in [1.165, 1.54) is 25.7 Å². The molecule has 9 heteroatoms. The number of rotatable bonds is 5. The van der Waals surface area contributed by atoms with Crippen LogP contribution < -0.4 is 15.5 Å². The molecule has 2 amide bonds. The Kier molecular flexibility index (Phi) is 8.43. The van der Waals surface area contributed by atoms with Gasteiger partial charge in [0.2, 0.25) is 5.95 Å². The van der Waals surface area contributed by atoms with Gasteiger partial charge in [0.05, 0.1) is 10.7 Å². The molecule has 3 fully saturated rings. The normalized spacial score (nSPS) is 22.2. The summed E-state index contributed by atoms with van der Waals surface area (Å²) in [5.74, 6) is 1.79. The summed E-state index contributed by atoms with van der Waals surface area (Å²) in [6.07, 6.45) is 11.3. The highest BCUT2D eigenvalue weighted by atomic mass is 35.5. The zero-order chi connectivity index (χ0) is 24.7. The lowest BCUT2D eigenvalue weighted by atomic mass is 9.98. The molecule has 4 heterocycles. The minimum Gasteiger partial charge on any atom is -0.356 e. The van der Waals surface area contributed by atoms with Gasteiger partial charge in [-0.15, -0.1) is 0 Å². The Morgan fingerprint density at radius 2 is 1.69 bits per heavy atom. The molecule has 194 valence electrons. The molecule has 0 radical (unpaired) electrons. The smallest absolute Gasteiger partial charge is 0.321 e. The van der Waals surface area contributed by atoms with Crippen LogP contribution >= 0.6 is 11.6 Å². The van der Waals surface area contributed by atoms with Gasteiger partial charge in [-0.25, -0.2) is 9.78 Å². The van der Waals surface area contributed by atoms with E-state index in [1.807, 2.05) is 35.4 Å². The first-order chi connectivity index (χ1) is 17.7. The van der Waals surface area contributed by atoms with Gasteiger partial charge in [0.15, 0.2) is 0 Å². The van der Waals surface area contributed by atoms with Crippen LogP contribution in [-0.4, -0.2) is 77.2 Å². The third-order valence-electron chi connectivity index (χ3n) is 7.74. The van der Waals surface area contributed by atoms with Crippen LogP contribution in [0.15, 0.2) is 36.5 Å². The van der Waals surface area contributed by atoms with Crippen LogP contribution in [0.1, 0.15) is 51.4 Å². The van der Waals surface area contributed by atoms with Crippen LogP contribution in [0, 0.1) is 0 Å². The van der Waals surface area contributed by atoms with E-state index in [4.69, 9.17) is 16.6 Å². The van der Waals surface area contributed by atoms with Crippen molar-refractivity contribution in [1.29, 1.82) is 0 Å². The fourth-order valence-electron chi connectivity index (χ4n) is 5.72. The summed E-state index contributed by atoms with van der Waals surface area (Å²) in [5, 5.41) is 7.14. The summed E-state index contributed by atoms with van der Waals surface area (Å²) >= 11 is 6.20. The number of hydrogen-bond donors (Lipinski definition) is 2. The van der Waals surface area contributed by atoms with Gasteiger partial charge in [0.1, 0.15) is 5.82 Å². The molecule has 3 aliphatic heterocycles. The average Bonchev–Trinajstić information content (AvgIpc) is 3.20. The van der Waals surface area contributed by atoms with Gasteiger partial charge in [-0.05, 0) is 63.3 Å². The summed E-state index contributed by atoms with van der Waals surface area (Å²) in [4.78, 5) is 29.0. The quantitative estimate of drug-likeness (QED) is 0.582. The molecule has 0 bridgehead atoms. The standard InChI is InChI=1S/C27H38ClN7O/c28-23-9-3-4-10-24(23)31-27(36)34-18-12-22(13-19-34)35-17-7-8-21(20-35)30-26-29-14-11-25(32-26)33-15-5-1-2-6-16-33/h3-4,9-11,14,21-22H,1-2,5-8,12-13,15-20H2,(H,31,36)(H,29,30,32). The van der Waals surface area contributed by atoms with Crippen LogP contribution in [0.25, 0.3) is 0 Å². The topological polar surface area (TPSA) is 76.6 Å². The van der Waals surface area contributed by atoms with E-state index in [0.717, 1.165) is 76.7 Å². The van der Waals surface area contributed by atoms with Crippen molar-refractivity contribution in [2.24, 2.45) is 0 Å². The van der Waals surface area contributed by atoms with Crippen molar-refractivity contribution in [2.45, 2.75) is 63.5 Å². The molecule has 36 heavy (non-hydrogen) atoms. The van der Waals surface area contributed by atoms with Gasteiger partial charge >= 0.3 is 6.03 Å². The molecule has 3 saturated heterocycles. The van der Waals surface area contributed by atoms with Crippen LogP contribution in [0.4, 0.5) is 22.2 Å². The highest BCUT2D eigenvalue weighted by Crippen LogP contribution is 2.25. The SMILES string of the molecule is O=C(Nc1ccccc1Cl)N1CCC(N2CCCC(Nc3nccc(N4CCCCCC4)n3)C2)CC1. The Bertz CT molecular complexity index is 1010. The molecular weight excluding hydrogens is 474 g/mol. The summed E-state index contributed by atoms with van der Waals surface area (Å²) in [5.41, 5.74) is 0.665. The molecule has 1 aromatic carbocycles. The number of amides is 2. The molecule has 5 rings (SSSR count). The number of piperidine rings is 2. The summed E-state index contributed by atoms with van der Waals surface area (Å²) in [6.45, 7) is 5.80. The minimum absolute atomic E-state index is 0.0684. The summed E-state index contributed by atoms with van der Waals surface area (Å²) in [6, 6.07) is 10.2. The van der Waals surface area contributed by atoms with E-state index < -0.39 is 0 Å². The monoisotopic (exact) mass is 511 g/mol. The molecule has 2 N–H and O–H groups in total. The molecule has 1 aromatic heterocycles. The van der Waals surface area contributed by atoms with E-state index in [0.29, 0.717) is 22.8 Å². The first kappa shape index (κ1) is 25.1. The second-order valence-electron chi connectivity index (χ2n) is 10.2. The Labute approximate surface area is 219 Å². The summed E-state index contributed by atoms with van der Waals surface area (Å²) < 4.78 is 0. The van der Waals surface area contributed by atoms with Crippen LogP contribution in [0.5, 0.6) is 0 Å². The lowest BCUT2D eigenvalue weighted by Crippen LogP contribution is -2.52. The van der Waals surface area contributed by atoms with Gasteiger partial charge in [-0.3, -0.25) is 4.90 Å². The number of urea groups is 1. The van der Waals surface area contributed by atoms with Crippen molar-refractivity contribution < 1.29 is 4.79 Å². The summed E-state index contributed by atoms with van der Waals surface area (Å²) in [7, 11) is 0. The van der Waals surface area contributed by atoms with Crippen LogP contribution in [0.2, 0.25) is 5.02 Å². The van der Waals surface area contributed by atoms with E-state index >= 15 is 0 Å². The van der Waals surface area contributed by atoms with Crippen LogP contribution in [0.3, 0.4) is 0 Å². The number of para-hydroxylation sites is 1. The number of anilines is 3. The van der Waals surface area contributed by atoms with Gasteiger partial charge in [0.25, 0.3) is 0 Å². The molecule has 1 unspecified atom stereocenters. The average molecular weight is 512 g/mol. The molecule has 1 atom stereocenters. The van der Waals surface area contributed by atoms with Gasteiger partial charge in [-0.2, -0.15) is 4.98 Å². The number of carbonyl (C=O) groups excluding carboxylic acids is 1. The highest BCUT2D eigenvalue weighted by Gasteiger charge is 2.30. The third kappa shape index (κ3) is 6.40. The number of aromatic nitrogens is 2. The van der Waals surface area contributed by atoms with Gasteiger partial charge < -0.3 is 20.4 Å². The number of nitrogens with one attached hydrogen (secondary N) is 2. The molecular formula is C27H38ClN7O. The molecule has 8 nitrogen and oxygen atoms in total. The fraction of sp³-hybridized carbons (Fsp3) is 0.593. The maximum Gasteiger partial charge on any atom is 0.321 e. The van der Waals surface area contributed by atoms with Crippen molar-refractivity contribution in [3.8, 4) is 0 Å². The van der Waals surface area contributed by atoms with Crippen molar-refractivity contribution in [3.05, 3.63) is 41.6 Å². The zero-order valence-electron chi connectivity index (χ0n) is 21.0. The van der Waals surface area contributed by atoms with E-state index in [-0.39, 0.29) is 6.03 Å². The van der Waals surface area contributed by atoms with Gasteiger partial charge in [0, 0.05) is 51.0 Å². The van der Waals surface area contributed by atoms with Crippen molar-refractivity contribution in [2.75, 3.05) is 54.8 Å². The number of likely N-dealkylation sites (tertiary alicyclic amines) is 2. The van der Waals surface area contributed by atoms with E-state index in [9.17, 15) is 4.79 Å². The van der Waals surface area contributed by atoms with Crippen molar-refractivity contribution in [1.82, 2.24) is 19.8 Å². The first-order valence-electron chi connectivity index (χ1n) is 13.5. The molecule has 0 saturated carbocycles. The fourth-order valence-corrected chi connectivity index (χ4v) is 5.91. The molecule has 0 spiro atoms. The maximum absolute atomic E-state index is 12.7. The Balaban J connectivity index is 1.11. The van der Waals surface area contributed by atoms with E-state index in [2.05, 4.69) is 25.4 Å². The Hall–Kier alpha value is -2.58. The predicted molar refractivity (Wildman–Crippen MR) is 146 cm³/mol. The first-order valence-corrected chi connectivity index (χ1v) is 13.9. The van der Waals surface area contributed by atoms with E-state index in [1.54, 1.807) is 6.07 Å². The number of carbonyl (C=O) groups is 1. The lowest BCUT2D eigenvalue weighted by Gasteiger charge is -2.42. The largest absolute Gasteiger partial charge is 0.356 e. The lowest BCUT2D eigenvalue weighted by molar-refractivity contribution is 0.0997. The number of nitrogens with zero attached hydrogens (tertiary/aromatic N) is 5. The Morgan fingerprint density at radius 1 is 0.917 bits per heavy atom. The molecule has 3 aliphatic rings. The number of hydrogen-bond acceptors (Lipinski definition) is 6. The third-order valence-corrected chi connectivity index (χ3v) is 8.07. The highest BCUT2D eigenvalue weighted by molar-refractivity contribution is 6.33. The zero-order valence-corrected chi connectivity index (χ0v) is 21.8. The van der Waals surface area contributed by atoms with Crippen molar-refractivity contribution >= 4 is 35.1 Å². The number of halogens is 1. The van der Waals surface area contributed by atoms with Crippen molar-refractivity contribution in [3.63, 3.8) is 0 Å². The predicted octanol–water partition coefficient (Wildman–Crippen LogP) is 5.08. The maximum atomic E-state index is 12.7. The second-order valence-corrected chi connectivity index (χ2v) is 10.7. The van der Waals surface area contributed by atoms with Gasteiger partial charge in [-0.1, -0.05) is 36.6 Å². The second kappa shape index (κ2) is 12.1. The number of benzene rings is 1. The molecule has 2 aromatic rings.